The molecule has 0 saturated carbocycles. The lowest BCUT2D eigenvalue weighted by atomic mass is 10.2. The monoisotopic (exact) mass is 355 g/mol. The summed E-state index contributed by atoms with van der Waals surface area (Å²) in [7, 11) is 0. The molecule has 0 aliphatic carbocycles. The zero-order valence-electron chi connectivity index (χ0n) is 15.0. The van der Waals surface area contributed by atoms with Crippen LogP contribution in [-0.2, 0) is 4.79 Å². The van der Waals surface area contributed by atoms with Gasteiger partial charge in [0.2, 0.25) is 5.91 Å². The van der Waals surface area contributed by atoms with Crippen molar-refractivity contribution in [2.75, 3.05) is 51.1 Å². The van der Waals surface area contributed by atoms with E-state index < -0.39 is 0 Å². The van der Waals surface area contributed by atoms with Crippen molar-refractivity contribution in [1.82, 2.24) is 14.7 Å². The van der Waals surface area contributed by atoms with E-state index in [2.05, 4.69) is 16.3 Å². The maximum atomic E-state index is 12.5. The second-order valence-corrected chi connectivity index (χ2v) is 6.83. The minimum atomic E-state index is -0.159. The quantitative estimate of drug-likeness (QED) is 0.895. The Bertz CT molecular complexity index is 693. The van der Waals surface area contributed by atoms with Gasteiger partial charge in [0.25, 0.3) is 0 Å². The van der Waals surface area contributed by atoms with Crippen LogP contribution in [-0.4, -0.2) is 72.5 Å². The van der Waals surface area contributed by atoms with Crippen LogP contribution in [0.1, 0.15) is 24.8 Å². The predicted molar refractivity (Wildman–Crippen MR) is 98.6 cm³/mol. The fourth-order valence-corrected chi connectivity index (χ4v) is 3.46. The molecule has 2 aliphatic rings. The lowest BCUT2D eigenvalue weighted by Crippen LogP contribution is -2.41. The maximum absolute atomic E-state index is 12.5. The molecule has 1 N–H and O–H groups in total. The first-order valence-electron chi connectivity index (χ1n) is 9.22. The van der Waals surface area contributed by atoms with E-state index >= 15 is 0 Å². The first-order chi connectivity index (χ1) is 12.7. The predicted octanol–water partition coefficient (Wildman–Crippen LogP) is 1.72. The van der Waals surface area contributed by atoms with Crippen molar-refractivity contribution >= 4 is 17.6 Å². The Morgan fingerprint density at radius 3 is 2.54 bits per heavy atom. The number of likely N-dealkylation sites (tertiary alicyclic amines) is 1. The summed E-state index contributed by atoms with van der Waals surface area (Å²) >= 11 is 0. The molecular weight excluding hydrogens is 330 g/mol. The van der Waals surface area contributed by atoms with Gasteiger partial charge in [-0.05, 0) is 37.5 Å². The molecule has 138 valence electrons. The van der Waals surface area contributed by atoms with E-state index in [0.717, 1.165) is 38.9 Å². The summed E-state index contributed by atoms with van der Waals surface area (Å²) in [4.78, 5) is 30.7. The topological polar surface area (TPSA) is 79.7 Å². The van der Waals surface area contributed by atoms with Gasteiger partial charge in [-0.15, -0.1) is 0 Å². The zero-order chi connectivity index (χ0) is 18.4. The summed E-state index contributed by atoms with van der Waals surface area (Å²) in [6.07, 6.45) is 3.05. The van der Waals surface area contributed by atoms with Gasteiger partial charge in [0.1, 0.15) is 0 Å². The third-order valence-electron chi connectivity index (χ3n) is 4.94. The summed E-state index contributed by atoms with van der Waals surface area (Å²) < 4.78 is 0. The van der Waals surface area contributed by atoms with Crippen molar-refractivity contribution < 1.29 is 9.59 Å². The molecule has 2 aliphatic heterocycles. The average Bonchev–Trinajstić information content (AvgIpc) is 3.09. The molecule has 0 unspecified atom stereocenters. The number of anilines is 1. The summed E-state index contributed by atoms with van der Waals surface area (Å²) in [6.45, 7) is 4.99. The molecule has 26 heavy (non-hydrogen) atoms. The fraction of sp³-hybridized carbons (Fsp3) is 0.526. The summed E-state index contributed by atoms with van der Waals surface area (Å²) in [6, 6.07) is 8.81. The van der Waals surface area contributed by atoms with Crippen LogP contribution < -0.4 is 5.32 Å². The van der Waals surface area contributed by atoms with Gasteiger partial charge in [0.05, 0.1) is 18.2 Å². The Kier molecular flexibility index (Phi) is 6.08. The van der Waals surface area contributed by atoms with Crippen LogP contribution in [0.5, 0.6) is 0 Å². The van der Waals surface area contributed by atoms with Gasteiger partial charge >= 0.3 is 6.03 Å². The third-order valence-corrected chi connectivity index (χ3v) is 4.94. The van der Waals surface area contributed by atoms with Gasteiger partial charge in [-0.1, -0.05) is 6.07 Å². The molecule has 1 aromatic rings. The van der Waals surface area contributed by atoms with Crippen LogP contribution in [0.4, 0.5) is 10.5 Å². The first kappa shape index (κ1) is 18.2. The highest BCUT2D eigenvalue weighted by atomic mass is 16.2. The molecule has 0 bridgehead atoms. The van der Waals surface area contributed by atoms with Crippen LogP contribution in [0.15, 0.2) is 24.3 Å². The van der Waals surface area contributed by atoms with E-state index in [9.17, 15) is 9.59 Å². The highest BCUT2D eigenvalue weighted by Crippen LogP contribution is 2.13. The highest BCUT2D eigenvalue weighted by Gasteiger charge is 2.23. The Morgan fingerprint density at radius 2 is 1.77 bits per heavy atom. The smallest absolute Gasteiger partial charge is 0.321 e. The fourth-order valence-electron chi connectivity index (χ4n) is 3.46. The third kappa shape index (κ3) is 4.73. The van der Waals surface area contributed by atoms with Gasteiger partial charge in [-0.25, -0.2) is 4.79 Å². The number of rotatable bonds is 3. The Labute approximate surface area is 154 Å². The molecule has 7 heteroatoms. The Morgan fingerprint density at radius 1 is 1.00 bits per heavy atom. The van der Waals surface area contributed by atoms with Crippen LogP contribution in [0.25, 0.3) is 0 Å². The van der Waals surface area contributed by atoms with E-state index in [1.165, 1.54) is 0 Å². The number of nitrogens with zero attached hydrogens (tertiary/aromatic N) is 4. The lowest BCUT2D eigenvalue weighted by molar-refractivity contribution is -0.131. The molecule has 0 aromatic heterocycles. The van der Waals surface area contributed by atoms with Crippen molar-refractivity contribution in [3.8, 4) is 6.07 Å². The molecule has 0 atom stereocenters. The molecule has 3 amide bonds. The second kappa shape index (κ2) is 8.68. The van der Waals surface area contributed by atoms with Crippen molar-refractivity contribution in [2.24, 2.45) is 0 Å². The molecular formula is C19H25N5O2. The highest BCUT2D eigenvalue weighted by molar-refractivity contribution is 5.89. The SMILES string of the molecule is N#Cc1cccc(NC(=O)N2CCCN(CC(=O)N3CCCC3)CC2)c1. The lowest BCUT2D eigenvalue weighted by Gasteiger charge is -2.24. The van der Waals surface area contributed by atoms with E-state index in [0.29, 0.717) is 37.4 Å². The zero-order valence-corrected chi connectivity index (χ0v) is 15.0. The van der Waals surface area contributed by atoms with Gasteiger partial charge in [-0.2, -0.15) is 5.26 Å². The molecule has 3 rings (SSSR count). The van der Waals surface area contributed by atoms with Crippen molar-refractivity contribution in [2.45, 2.75) is 19.3 Å². The number of hydrogen-bond acceptors (Lipinski definition) is 4. The minimum absolute atomic E-state index is 0.159. The number of benzene rings is 1. The van der Waals surface area contributed by atoms with Crippen LogP contribution in [0.2, 0.25) is 0 Å². The summed E-state index contributed by atoms with van der Waals surface area (Å²) in [5.41, 5.74) is 1.14. The van der Waals surface area contributed by atoms with E-state index in [1.807, 2.05) is 4.90 Å². The number of carbonyl (C=O) groups is 2. The summed E-state index contributed by atoms with van der Waals surface area (Å²) in [5, 5.41) is 11.8. The molecule has 1 aromatic carbocycles. The number of carbonyl (C=O) groups excluding carboxylic acids is 2. The van der Waals surface area contributed by atoms with Crippen LogP contribution in [0.3, 0.4) is 0 Å². The molecule has 2 heterocycles. The van der Waals surface area contributed by atoms with E-state index in [1.54, 1.807) is 29.2 Å². The molecule has 2 saturated heterocycles. The molecule has 0 radical (unpaired) electrons. The first-order valence-corrected chi connectivity index (χ1v) is 9.22. The van der Waals surface area contributed by atoms with Gasteiger partial charge in [0, 0.05) is 45.0 Å². The number of nitriles is 1. The maximum Gasteiger partial charge on any atom is 0.321 e. The standard InChI is InChI=1S/C19H25N5O2/c20-14-16-5-3-6-17(13-16)21-19(26)24-10-4-7-22(11-12-24)15-18(25)23-8-1-2-9-23/h3,5-6,13H,1-2,4,7-12,15H2,(H,21,26). The minimum Gasteiger partial charge on any atom is -0.342 e. The molecule has 0 spiro atoms. The molecule has 7 nitrogen and oxygen atoms in total. The van der Waals surface area contributed by atoms with Crippen molar-refractivity contribution in [3.63, 3.8) is 0 Å². The Hall–Kier alpha value is -2.59. The van der Waals surface area contributed by atoms with Crippen LogP contribution >= 0.6 is 0 Å². The summed E-state index contributed by atoms with van der Waals surface area (Å²) in [5.74, 6) is 0.203. The molecule has 2 fully saturated rings. The number of amides is 3. The number of nitrogens with one attached hydrogen (secondary N) is 1. The van der Waals surface area contributed by atoms with Gasteiger partial charge < -0.3 is 15.1 Å². The number of hydrogen-bond donors (Lipinski definition) is 1. The van der Waals surface area contributed by atoms with Crippen molar-refractivity contribution in [3.05, 3.63) is 29.8 Å². The van der Waals surface area contributed by atoms with Gasteiger partial charge in [-0.3, -0.25) is 9.69 Å². The average molecular weight is 355 g/mol. The second-order valence-electron chi connectivity index (χ2n) is 6.83. The van der Waals surface area contributed by atoms with Crippen molar-refractivity contribution in [1.29, 1.82) is 5.26 Å². The van der Waals surface area contributed by atoms with E-state index in [-0.39, 0.29) is 11.9 Å². The van der Waals surface area contributed by atoms with Gasteiger partial charge in [0.15, 0.2) is 0 Å². The Balaban J connectivity index is 1.50. The van der Waals surface area contributed by atoms with E-state index in [4.69, 9.17) is 5.26 Å². The number of urea groups is 1. The largest absolute Gasteiger partial charge is 0.342 e. The normalized spacial score (nSPS) is 18.3. The van der Waals surface area contributed by atoms with Crippen LogP contribution in [0, 0.1) is 11.3 Å².